The fourth-order valence-corrected chi connectivity index (χ4v) is 2.80. The van der Waals surface area contributed by atoms with Crippen molar-refractivity contribution in [3.63, 3.8) is 0 Å². The van der Waals surface area contributed by atoms with Gasteiger partial charge < -0.3 is 14.5 Å². The lowest BCUT2D eigenvalue weighted by Gasteiger charge is -2.35. The van der Waals surface area contributed by atoms with E-state index in [0.29, 0.717) is 43.9 Å². The number of rotatable bonds is 5. The molecule has 1 aromatic carbocycles. The SMILES string of the molecule is CCCCC(=O)N1CCN(C(=O)c2cc(C)ccc2OC)CC1. The van der Waals surface area contributed by atoms with Crippen molar-refractivity contribution < 1.29 is 14.3 Å². The van der Waals surface area contributed by atoms with Crippen molar-refractivity contribution in [2.75, 3.05) is 33.3 Å². The van der Waals surface area contributed by atoms with Crippen LogP contribution in [0, 0.1) is 6.92 Å². The van der Waals surface area contributed by atoms with Gasteiger partial charge in [0.2, 0.25) is 5.91 Å². The molecule has 0 radical (unpaired) electrons. The Balaban J connectivity index is 1.99. The molecule has 1 aliphatic rings. The van der Waals surface area contributed by atoms with E-state index in [4.69, 9.17) is 4.74 Å². The van der Waals surface area contributed by atoms with Gasteiger partial charge in [-0.15, -0.1) is 0 Å². The highest BCUT2D eigenvalue weighted by atomic mass is 16.5. The fourth-order valence-electron chi connectivity index (χ4n) is 2.80. The van der Waals surface area contributed by atoms with Crippen LogP contribution in [0.1, 0.15) is 42.1 Å². The third-order valence-electron chi connectivity index (χ3n) is 4.25. The van der Waals surface area contributed by atoms with Crippen LogP contribution in [-0.2, 0) is 4.79 Å². The number of aryl methyl sites for hydroxylation is 1. The molecule has 2 rings (SSSR count). The summed E-state index contributed by atoms with van der Waals surface area (Å²) < 4.78 is 5.30. The maximum absolute atomic E-state index is 12.7. The molecule has 0 saturated carbocycles. The quantitative estimate of drug-likeness (QED) is 0.838. The Bertz CT molecular complexity index is 563. The van der Waals surface area contributed by atoms with Crippen LogP contribution < -0.4 is 4.74 Å². The summed E-state index contributed by atoms with van der Waals surface area (Å²) in [6, 6.07) is 5.62. The van der Waals surface area contributed by atoms with E-state index < -0.39 is 0 Å². The molecule has 5 heteroatoms. The molecule has 1 aromatic rings. The van der Waals surface area contributed by atoms with Crippen molar-refractivity contribution in [2.24, 2.45) is 0 Å². The summed E-state index contributed by atoms with van der Waals surface area (Å²) in [5.41, 5.74) is 1.63. The van der Waals surface area contributed by atoms with E-state index in [9.17, 15) is 9.59 Å². The van der Waals surface area contributed by atoms with Gasteiger partial charge in [-0.3, -0.25) is 9.59 Å². The summed E-state index contributed by atoms with van der Waals surface area (Å²) in [6.45, 7) is 6.42. The van der Waals surface area contributed by atoms with Gasteiger partial charge in [0.05, 0.1) is 12.7 Å². The van der Waals surface area contributed by atoms with Gasteiger partial charge in [0.1, 0.15) is 5.75 Å². The van der Waals surface area contributed by atoms with Crippen LogP contribution in [0.25, 0.3) is 0 Å². The van der Waals surface area contributed by atoms with Crippen LogP contribution in [0.15, 0.2) is 18.2 Å². The molecule has 0 aliphatic carbocycles. The lowest BCUT2D eigenvalue weighted by molar-refractivity contribution is -0.132. The van der Waals surface area contributed by atoms with Gasteiger partial charge in [0.25, 0.3) is 5.91 Å². The van der Waals surface area contributed by atoms with Crippen LogP contribution >= 0.6 is 0 Å². The number of amides is 2. The van der Waals surface area contributed by atoms with E-state index in [-0.39, 0.29) is 11.8 Å². The Labute approximate surface area is 138 Å². The number of piperazine rings is 1. The average molecular weight is 318 g/mol. The van der Waals surface area contributed by atoms with Crippen LogP contribution in [0.4, 0.5) is 0 Å². The van der Waals surface area contributed by atoms with Gasteiger partial charge in [-0.05, 0) is 25.5 Å². The van der Waals surface area contributed by atoms with E-state index in [2.05, 4.69) is 6.92 Å². The van der Waals surface area contributed by atoms with Gasteiger partial charge in [0.15, 0.2) is 0 Å². The number of unbranched alkanes of at least 4 members (excludes halogenated alkanes) is 1. The highest BCUT2D eigenvalue weighted by Gasteiger charge is 2.26. The Morgan fingerprint density at radius 2 is 1.78 bits per heavy atom. The highest BCUT2D eigenvalue weighted by Crippen LogP contribution is 2.22. The average Bonchev–Trinajstić information content (AvgIpc) is 2.59. The first-order valence-electron chi connectivity index (χ1n) is 8.28. The van der Waals surface area contributed by atoms with Gasteiger partial charge in [-0.2, -0.15) is 0 Å². The fraction of sp³-hybridized carbons (Fsp3) is 0.556. The molecule has 5 nitrogen and oxygen atoms in total. The zero-order valence-corrected chi connectivity index (χ0v) is 14.3. The normalized spacial score (nSPS) is 14.7. The molecule has 0 bridgehead atoms. The molecule has 126 valence electrons. The number of benzene rings is 1. The first kappa shape index (κ1) is 17.3. The molecule has 1 fully saturated rings. The first-order valence-corrected chi connectivity index (χ1v) is 8.28. The largest absolute Gasteiger partial charge is 0.496 e. The first-order chi connectivity index (χ1) is 11.1. The Morgan fingerprint density at radius 1 is 1.13 bits per heavy atom. The number of carbonyl (C=O) groups is 2. The topological polar surface area (TPSA) is 49.9 Å². The zero-order chi connectivity index (χ0) is 16.8. The maximum atomic E-state index is 12.7. The molecule has 23 heavy (non-hydrogen) atoms. The maximum Gasteiger partial charge on any atom is 0.257 e. The minimum atomic E-state index is -0.0220. The van der Waals surface area contributed by atoms with Crippen LogP contribution in [-0.4, -0.2) is 54.9 Å². The van der Waals surface area contributed by atoms with Gasteiger partial charge in [-0.25, -0.2) is 0 Å². The zero-order valence-electron chi connectivity index (χ0n) is 14.3. The van der Waals surface area contributed by atoms with Crippen LogP contribution in [0.2, 0.25) is 0 Å². The number of hydrogen-bond donors (Lipinski definition) is 0. The number of nitrogens with zero attached hydrogens (tertiary/aromatic N) is 2. The van der Waals surface area contributed by atoms with Gasteiger partial charge in [-0.1, -0.05) is 25.0 Å². The molecule has 2 amide bonds. The predicted molar refractivity (Wildman–Crippen MR) is 89.7 cm³/mol. The molecule has 0 N–H and O–H groups in total. The molecule has 1 aliphatic heterocycles. The highest BCUT2D eigenvalue weighted by molar-refractivity contribution is 5.97. The van der Waals surface area contributed by atoms with E-state index >= 15 is 0 Å². The second-order valence-corrected chi connectivity index (χ2v) is 5.98. The molecule has 1 saturated heterocycles. The van der Waals surface area contributed by atoms with Crippen molar-refractivity contribution in [2.45, 2.75) is 33.1 Å². The van der Waals surface area contributed by atoms with Crippen LogP contribution in [0.5, 0.6) is 5.75 Å². The third kappa shape index (κ3) is 4.24. The number of ether oxygens (including phenoxy) is 1. The number of methoxy groups -OCH3 is 1. The Kier molecular flexibility index (Phi) is 6.02. The second kappa shape index (κ2) is 7.99. The van der Waals surface area contributed by atoms with Crippen molar-refractivity contribution in [1.29, 1.82) is 0 Å². The Morgan fingerprint density at radius 3 is 2.39 bits per heavy atom. The summed E-state index contributed by atoms with van der Waals surface area (Å²) in [6.07, 6.45) is 2.56. The summed E-state index contributed by atoms with van der Waals surface area (Å²) in [5.74, 6) is 0.778. The molecular weight excluding hydrogens is 292 g/mol. The number of hydrogen-bond acceptors (Lipinski definition) is 3. The molecule has 0 atom stereocenters. The monoisotopic (exact) mass is 318 g/mol. The minimum Gasteiger partial charge on any atom is -0.496 e. The van der Waals surface area contributed by atoms with Crippen LogP contribution in [0.3, 0.4) is 0 Å². The van der Waals surface area contributed by atoms with E-state index in [1.54, 1.807) is 12.0 Å². The number of carbonyl (C=O) groups excluding carboxylic acids is 2. The van der Waals surface area contributed by atoms with Crippen molar-refractivity contribution in [3.05, 3.63) is 29.3 Å². The van der Waals surface area contributed by atoms with Gasteiger partial charge in [0, 0.05) is 32.6 Å². The van der Waals surface area contributed by atoms with E-state index in [1.165, 1.54) is 0 Å². The molecule has 1 heterocycles. The van der Waals surface area contributed by atoms with Crippen molar-refractivity contribution in [1.82, 2.24) is 9.80 Å². The summed E-state index contributed by atoms with van der Waals surface area (Å²) in [5, 5.41) is 0. The molecule has 0 spiro atoms. The Hall–Kier alpha value is -2.04. The smallest absolute Gasteiger partial charge is 0.257 e. The second-order valence-electron chi connectivity index (χ2n) is 5.98. The van der Waals surface area contributed by atoms with E-state index in [1.807, 2.05) is 30.0 Å². The molecular formula is C18H26N2O3. The van der Waals surface area contributed by atoms with Crippen molar-refractivity contribution >= 4 is 11.8 Å². The minimum absolute atomic E-state index is 0.0220. The van der Waals surface area contributed by atoms with Crippen molar-refractivity contribution in [3.8, 4) is 5.75 Å². The summed E-state index contributed by atoms with van der Waals surface area (Å²) >= 11 is 0. The predicted octanol–water partition coefficient (Wildman–Crippen LogP) is 2.48. The lowest BCUT2D eigenvalue weighted by Crippen LogP contribution is -2.50. The molecule has 0 unspecified atom stereocenters. The standard InChI is InChI=1S/C18H26N2O3/c1-4-5-6-17(21)19-9-11-20(12-10-19)18(22)15-13-14(2)7-8-16(15)23-3/h7-8,13H,4-6,9-12H2,1-3H3. The summed E-state index contributed by atoms with van der Waals surface area (Å²) in [7, 11) is 1.58. The molecule has 0 aromatic heterocycles. The van der Waals surface area contributed by atoms with E-state index in [0.717, 1.165) is 18.4 Å². The third-order valence-corrected chi connectivity index (χ3v) is 4.25. The van der Waals surface area contributed by atoms with Gasteiger partial charge >= 0.3 is 0 Å². The summed E-state index contributed by atoms with van der Waals surface area (Å²) in [4.78, 5) is 28.4. The lowest BCUT2D eigenvalue weighted by atomic mass is 10.1.